The summed E-state index contributed by atoms with van der Waals surface area (Å²) in [7, 11) is -2.65. The van der Waals surface area contributed by atoms with Crippen LogP contribution in [-0.4, -0.2) is 32.1 Å². The number of rotatable bonds is 12. The van der Waals surface area contributed by atoms with Crippen LogP contribution in [0.15, 0.2) is 59.5 Å². The number of unbranched alkanes of at least 4 members (excludes halogenated alkanes) is 2. The van der Waals surface area contributed by atoms with Crippen molar-refractivity contribution in [3.8, 4) is 5.75 Å². The van der Waals surface area contributed by atoms with Crippen LogP contribution in [0.2, 0.25) is 0 Å². The lowest BCUT2D eigenvalue weighted by molar-refractivity contribution is -0.141. The van der Waals surface area contributed by atoms with E-state index in [1.54, 1.807) is 30.3 Å². The summed E-state index contributed by atoms with van der Waals surface area (Å²) in [6.45, 7) is 3.95. The van der Waals surface area contributed by atoms with Gasteiger partial charge in [0.05, 0.1) is 17.7 Å². The summed E-state index contributed by atoms with van der Waals surface area (Å²) in [5.41, 5.74) is 1.10. The third-order valence-corrected chi connectivity index (χ3v) is 6.75. The zero-order valence-electron chi connectivity index (χ0n) is 18.4. The minimum atomic E-state index is -4.14. The van der Waals surface area contributed by atoms with E-state index in [1.807, 2.05) is 13.8 Å². The van der Waals surface area contributed by atoms with Gasteiger partial charge in [-0.1, -0.05) is 57.7 Å². The molecule has 7 nitrogen and oxygen atoms in total. The molecule has 2 aromatic carbocycles. The minimum absolute atomic E-state index is 0.0110. The number of ether oxygens (including phenoxy) is 1. The molecule has 8 heteroatoms. The van der Waals surface area contributed by atoms with Crippen LogP contribution in [0.3, 0.4) is 0 Å². The van der Waals surface area contributed by atoms with E-state index >= 15 is 0 Å². The molecule has 0 atom stereocenters. The Kier molecular flexibility index (Phi) is 8.88. The summed E-state index contributed by atoms with van der Waals surface area (Å²) in [6.07, 6.45) is 3.47. The smallest absolute Gasteiger partial charge is 0.281 e. The standard InChI is InChI=1S/C23H32N2O5S/c1-4-6-17-23(27,18-7-5-2)22(26)24-25(19-11-9-8-10-12-19)31(28,29)21-15-13-20(30-3)14-16-21/h8-16,27H,4-7,17-18H2,1-3H3,(H,24,26). The fourth-order valence-corrected chi connectivity index (χ4v) is 4.46. The molecule has 0 saturated heterocycles. The number of carbonyl (C=O) groups is 1. The van der Waals surface area contributed by atoms with Gasteiger partial charge in [-0.2, -0.15) is 12.8 Å². The van der Waals surface area contributed by atoms with Crippen LogP contribution in [0.5, 0.6) is 5.75 Å². The highest BCUT2D eigenvalue weighted by Crippen LogP contribution is 2.26. The molecule has 2 N–H and O–H groups in total. The Balaban J connectivity index is 2.43. The molecule has 2 aromatic rings. The lowest BCUT2D eigenvalue weighted by Crippen LogP contribution is -2.55. The van der Waals surface area contributed by atoms with E-state index in [-0.39, 0.29) is 23.4 Å². The molecule has 170 valence electrons. The first-order chi connectivity index (χ1) is 14.8. The maximum absolute atomic E-state index is 13.4. The Hall–Kier alpha value is -2.58. The summed E-state index contributed by atoms with van der Waals surface area (Å²) >= 11 is 0. The molecular formula is C23H32N2O5S. The second kappa shape index (κ2) is 11.2. The highest BCUT2D eigenvalue weighted by Gasteiger charge is 2.38. The van der Waals surface area contributed by atoms with E-state index in [0.29, 0.717) is 18.6 Å². The third-order valence-electron chi connectivity index (χ3n) is 5.10. The molecule has 31 heavy (non-hydrogen) atoms. The maximum atomic E-state index is 13.4. The Bertz CT molecular complexity index is 922. The molecule has 0 saturated carbocycles. The summed E-state index contributed by atoms with van der Waals surface area (Å²) in [5.74, 6) is -0.210. The number of hydrogen-bond donors (Lipinski definition) is 2. The van der Waals surface area contributed by atoms with Crippen molar-refractivity contribution >= 4 is 21.6 Å². The Morgan fingerprint density at radius 2 is 1.55 bits per heavy atom. The van der Waals surface area contributed by atoms with Crippen LogP contribution < -0.4 is 14.6 Å². The number of para-hydroxylation sites is 1. The van der Waals surface area contributed by atoms with Gasteiger partial charge in [0.15, 0.2) is 0 Å². The van der Waals surface area contributed by atoms with Crippen molar-refractivity contribution in [2.45, 2.75) is 62.9 Å². The number of sulfonamides is 1. The van der Waals surface area contributed by atoms with Crippen molar-refractivity contribution in [2.24, 2.45) is 0 Å². The topological polar surface area (TPSA) is 95.9 Å². The van der Waals surface area contributed by atoms with Crippen LogP contribution in [-0.2, 0) is 14.8 Å². The molecule has 0 aliphatic heterocycles. The number of nitrogens with zero attached hydrogens (tertiary/aromatic N) is 1. The highest BCUT2D eigenvalue weighted by atomic mass is 32.2. The molecule has 0 radical (unpaired) electrons. The number of nitrogens with one attached hydrogen (secondary N) is 1. The van der Waals surface area contributed by atoms with Crippen LogP contribution in [0.25, 0.3) is 0 Å². The van der Waals surface area contributed by atoms with Gasteiger partial charge < -0.3 is 9.84 Å². The Morgan fingerprint density at radius 1 is 1.00 bits per heavy atom. The average Bonchev–Trinajstić information content (AvgIpc) is 2.80. The zero-order valence-corrected chi connectivity index (χ0v) is 19.2. The van der Waals surface area contributed by atoms with Crippen molar-refractivity contribution in [1.82, 2.24) is 5.43 Å². The first kappa shape index (κ1) is 24.7. The van der Waals surface area contributed by atoms with E-state index < -0.39 is 21.5 Å². The first-order valence-electron chi connectivity index (χ1n) is 10.6. The van der Waals surface area contributed by atoms with E-state index in [2.05, 4.69) is 5.43 Å². The SMILES string of the molecule is CCCCC(O)(CCCC)C(=O)NN(c1ccccc1)S(=O)(=O)c1ccc(OC)cc1. The molecule has 0 unspecified atom stereocenters. The van der Waals surface area contributed by atoms with E-state index in [4.69, 9.17) is 4.74 Å². The molecule has 0 bridgehead atoms. The molecule has 0 spiro atoms. The van der Waals surface area contributed by atoms with Crippen molar-refractivity contribution in [1.29, 1.82) is 0 Å². The van der Waals surface area contributed by atoms with Crippen LogP contribution in [0, 0.1) is 0 Å². The second-order valence-corrected chi connectivity index (χ2v) is 9.25. The predicted molar refractivity (Wildman–Crippen MR) is 121 cm³/mol. The maximum Gasteiger partial charge on any atom is 0.281 e. The Morgan fingerprint density at radius 3 is 2.03 bits per heavy atom. The number of aliphatic hydroxyl groups is 1. The number of carbonyl (C=O) groups excluding carboxylic acids is 1. The molecule has 0 aromatic heterocycles. The minimum Gasteiger partial charge on any atom is -0.497 e. The largest absolute Gasteiger partial charge is 0.497 e. The zero-order chi connectivity index (χ0) is 22.9. The van der Waals surface area contributed by atoms with Crippen molar-refractivity contribution in [3.63, 3.8) is 0 Å². The van der Waals surface area contributed by atoms with Gasteiger partial charge in [-0.05, 0) is 49.2 Å². The molecular weight excluding hydrogens is 416 g/mol. The fourth-order valence-electron chi connectivity index (χ4n) is 3.17. The van der Waals surface area contributed by atoms with Crippen molar-refractivity contribution in [2.75, 3.05) is 11.5 Å². The molecule has 0 heterocycles. The number of methoxy groups -OCH3 is 1. The molecule has 0 aliphatic carbocycles. The molecule has 0 fully saturated rings. The Labute approximate surface area is 185 Å². The third kappa shape index (κ3) is 6.21. The van der Waals surface area contributed by atoms with Crippen molar-refractivity contribution < 1.29 is 23.1 Å². The quantitative estimate of drug-likeness (QED) is 0.478. The predicted octanol–water partition coefficient (Wildman–Crippen LogP) is 4.03. The van der Waals surface area contributed by atoms with Gasteiger partial charge in [0.2, 0.25) is 0 Å². The summed E-state index contributed by atoms with van der Waals surface area (Å²) in [5, 5.41) is 11.1. The number of hydrogen-bond acceptors (Lipinski definition) is 5. The first-order valence-corrected chi connectivity index (χ1v) is 12.0. The molecule has 1 amide bonds. The van der Waals surface area contributed by atoms with E-state index in [0.717, 1.165) is 17.3 Å². The summed E-state index contributed by atoms with van der Waals surface area (Å²) in [6, 6.07) is 14.2. The lowest BCUT2D eigenvalue weighted by atomic mass is 9.90. The van der Waals surface area contributed by atoms with Gasteiger partial charge in [0.25, 0.3) is 15.9 Å². The van der Waals surface area contributed by atoms with Gasteiger partial charge >= 0.3 is 0 Å². The van der Waals surface area contributed by atoms with Crippen molar-refractivity contribution in [3.05, 3.63) is 54.6 Å². The van der Waals surface area contributed by atoms with Gasteiger partial charge in [0.1, 0.15) is 11.4 Å². The van der Waals surface area contributed by atoms with Gasteiger partial charge in [-0.15, -0.1) is 0 Å². The van der Waals surface area contributed by atoms with Crippen LogP contribution in [0.4, 0.5) is 5.69 Å². The van der Waals surface area contributed by atoms with E-state index in [9.17, 15) is 18.3 Å². The van der Waals surface area contributed by atoms with E-state index in [1.165, 1.54) is 31.4 Å². The number of hydrazine groups is 1. The normalized spacial score (nSPS) is 11.7. The van der Waals surface area contributed by atoms with Gasteiger partial charge in [0, 0.05) is 0 Å². The second-order valence-electron chi connectivity index (χ2n) is 7.46. The summed E-state index contributed by atoms with van der Waals surface area (Å²) in [4.78, 5) is 13.1. The number of benzene rings is 2. The van der Waals surface area contributed by atoms with Crippen LogP contribution >= 0.6 is 0 Å². The monoisotopic (exact) mass is 448 g/mol. The molecule has 2 rings (SSSR count). The highest BCUT2D eigenvalue weighted by molar-refractivity contribution is 7.92. The number of amides is 1. The lowest BCUT2D eigenvalue weighted by Gasteiger charge is -2.31. The fraction of sp³-hybridized carbons (Fsp3) is 0.435. The average molecular weight is 449 g/mol. The summed E-state index contributed by atoms with van der Waals surface area (Å²) < 4.78 is 32.8. The van der Waals surface area contributed by atoms with Crippen LogP contribution in [0.1, 0.15) is 52.4 Å². The van der Waals surface area contributed by atoms with Gasteiger partial charge in [-0.25, -0.2) is 0 Å². The number of anilines is 1. The van der Waals surface area contributed by atoms with Gasteiger partial charge in [-0.3, -0.25) is 10.2 Å². The molecule has 0 aliphatic rings.